The normalized spacial score (nSPS) is 10.6. The number of alkyl halides is 2. The second-order valence-electron chi connectivity index (χ2n) is 5.61. The maximum atomic E-state index is 14.4. The average Bonchev–Trinajstić information content (AvgIpc) is 2.63. The summed E-state index contributed by atoms with van der Waals surface area (Å²) in [7, 11) is 0. The minimum atomic E-state index is -2.73. The third-order valence-corrected chi connectivity index (χ3v) is 3.86. The molecule has 3 amide bonds. The van der Waals surface area contributed by atoms with Crippen LogP contribution >= 0.6 is 23.2 Å². The number of pyridine rings is 1. The lowest BCUT2D eigenvalue weighted by atomic mass is 10.1. The quantitative estimate of drug-likeness (QED) is 0.585. The van der Waals surface area contributed by atoms with Crippen LogP contribution in [0.2, 0.25) is 10.0 Å². The molecule has 2 aromatic rings. The van der Waals surface area contributed by atoms with E-state index in [0.717, 1.165) is 6.07 Å². The lowest BCUT2D eigenvalue weighted by Crippen LogP contribution is -2.45. The van der Waals surface area contributed by atoms with E-state index in [1.165, 1.54) is 25.3 Å². The minimum absolute atomic E-state index is 0.0195. The number of hydrazine groups is 1. The standard InChI is InChI=1S/C17H15Cl2F3N4O3/c1-8(27)25-26-17(28)24-6-14-13(20)2-9(5-23-14)11-3-10(18)4-12(19)16(11)29-7-15(21)22/h2-5,15H,6-7H2,1H3,(H,25,27)(H2,24,26,28). The lowest BCUT2D eigenvalue weighted by molar-refractivity contribution is -0.119. The summed E-state index contributed by atoms with van der Waals surface area (Å²) >= 11 is 12.0. The van der Waals surface area contributed by atoms with Crippen molar-refractivity contribution in [1.82, 2.24) is 21.2 Å². The number of hydrogen-bond donors (Lipinski definition) is 3. The van der Waals surface area contributed by atoms with Crippen LogP contribution in [0.1, 0.15) is 12.6 Å². The van der Waals surface area contributed by atoms with E-state index < -0.39 is 30.8 Å². The first kappa shape index (κ1) is 22.6. The van der Waals surface area contributed by atoms with Gasteiger partial charge in [0.05, 0.1) is 17.3 Å². The molecular formula is C17H15Cl2F3N4O3. The molecule has 2 rings (SSSR count). The van der Waals surface area contributed by atoms with Crippen molar-refractivity contribution in [2.24, 2.45) is 0 Å². The van der Waals surface area contributed by atoms with Gasteiger partial charge in [0, 0.05) is 29.3 Å². The highest BCUT2D eigenvalue weighted by Crippen LogP contribution is 2.39. The molecule has 7 nitrogen and oxygen atoms in total. The highest BCUT2D eigenvalue weighted by Gasteiger charge is 2.17. The fourth-order valence-electron chi connectivity index (χ4n) is 2.16. The van der Waals surface area contributed by atoms with Crippen LogP contribution in [0.5, 0.6) is 5.75 Å². The van der Waals surface area contributed by atoms with E-state index in [0.29, 0.717) is 0 Å². The van der Waals surface area contributed by atoms with Gasteiger partial charge in [0.1, 0.15) is 18.2 Å². The number of carbonyl (C=O) groups is 2. The van der Waals surface area contributed by atoms with Crippen molar-refractivity contribution >= 4 is 35.1 Å². The number of nitrogens with zero attached hydrogens (tertiary/aromatic N) is 1. The molecule has 29 heavy (non-hydrogen) atoms. The summed E-state index contributed by atoms with van der Waals surface area (Å²) in [5, 5.41) is 2.47. The molecule has 0 saturated heterocycles. The zero-order chi connectivity index (χ0) is 21.6. The Hall–Kier alpha value is -2.72. The number of rotatable bonds is 6. The Balaban J connectivity index is 2.21. The Morgan fingerprint density at radius 2 is 1.93 bits per heavy atom. The van der Waals surface area contributed by atoms with Gasteiger partial charge < -0.3 is 10.1 Å². The molecular weight excluding hydrogens is 436 g/mol. The minimum Gasteiger partial charge on any atom is -0.485 e. The molecule has 0 aliphatic carbocycles. The number of urea groups is 1. The predicted molar refractivity (Wildman–Crippen MR) is 100 cm³/mol. The number of halogens is 5. The molecule has 1 heterocycles. The van der Waals surface area contributed by atoms with Crippen molar-refractivity contribution in [3.8, 4) is 16.9 Å². The van der Waals surface area contributed by atoms with Gasteiger partial charge >= 0.3 is 6.03 Å². The Morgan fingerprint density at radius 3 is 2.55 bits per heavy atom. The summed E-state index contributed by atoms with van der Waals surface area (Å²) in [6.07, 6.45) is -1.48. The number of hydrogen-bond acceptors (Lipinski definition) is 4. The molecule has 3 N–H and O–H groups in total. The van der Waals surface area contributed by atoms with Gasteiger partial charge in [0.15, 0.2) is 0 Å². The second-order valence-corrected chi connectivity index (χ2v) is 6.45. The molecule has 0 aliphatic rings. The van der Waals surface area contributed by atoms with Crippen molar-refractivity contribution in [2.45, 2.75) is 19.9 Å². The second kappa shape index (κ2) is 10.2. The first-order valence-corrected chi connectivity index (χ1v) is 8.78. The molecule has 1 aromatic heterocycles. The van der Waals surface area contributed by atoms with Gasteiger partial charge in [0.25, 0.3) is 6.43 Å². The van der Waals surface area contributed by atoms with Gasteiger partial charge in [0.2, 0.25) is 5.91 Å². The van der Waals surface area contributed by atoms with Crippen molar-refractivity contribution in [3.05, 3.63) is 46.0 Å². The third kappa shape index (κ3) is 6.68. The summed E-state index contributed by atoms with van der Waals surface area (Å²) < 4.78 is 44.5. The highest BCUT2D eigenvalue weighted by molar-refractivity contribution is 6.36. The number of ether oxygens (including phenoxy) is 1. The number of benzene rings is 1. The fraction of sp³-hybridized carbons (Fsp3) is 0.235. The van der Waals surface area contributed by atoms with Crippen LogP contribution < -0.4 is 20.9 Å². The smallest absolute Gasteiger partial charge is 0.333 e. The Bertz CT molecular complexity index is 916. The molecule has 0 saturated carbocycles. The Kier molecular flexibility index (Phi) is 7.91. The van der Waals surface area contributed by atoms with E-state index in [9.17, 15) is 22.8 Å². The molecule has 0 radical (unpaired) electrons. The van der Waals surface area contributed by atoms with Gasteiger partial charge in [-0.1, -0.05) is 23.2 Å². The van der Waals surface area contributed by atoms with Gasteiger partial charge in [-0.05, 0) is 18.2 Å². The molecule has 12 heteroatoms. The summed E-state index contributed by atoms with van der Waals surface area (Å²) in [6.45, 7) is 0.0137. The Labute approximate surface area is 173 Å². The van der Waals surface area contributed by atoms with Crippen LogP contribution in [-0.4, -0.2) is 30.0 Å². The highest BCUT2D eigenvalue weighted by atomic mass is 35.5. The molecule has 0 spiro atoms. The van der Waals surface area contributed by atoms with E-state index in [-0.39, 0.29) is 39.2 Å². The summed E-state index contributed by atoms with van der Waals surface area (Å²) in [4.78, 5) is 26.1. The Morgan fingerprint density at radius 1 is 1.21 bits per heavy atom. The SMILES string of the molecule is CC(=O)NNC(=O)NCc1ncc(-c2cc(Cl)cc(Cl)c2OCC(F)F)cc1F. The largest absolute Gasteiger partial charge is 0.485 e. The van der Waals surface area contributed by atoms with E-state index in [2.05, 4.69) is 15.7 Å². The fourth-order valence-corrected chi connectivity index (χ4v) is 2.71. The molecule has 1 aromatic carbocycles. The van der Waals surface area contributed by atoms with E-state index in [4.69, 9.17) is 27.9 Å². The first-order valence-electron chi connectivity index (χ1n) is 8.02. The number of carbonyl (C=O) groups excluding carboxylic acids is 2. The van der Waals surface area contributed by atoms with Crippen LogP contribution in [0.15, 0.2) is 24.4 Å². The van der Waals surface area contributed by atoms with Crippen molar-refractivity contribution in [1.29, 1.82) is 0 Å². The molecule has 0 unspecified atom stereocenters. The monoisotopic (exact) mass is 450 g/mol. The zero-order valence-electron chi connectivity index (χ0n) is 14.9. The summed E-state index contributed by atoms with van der Waals surface area (Å²) in [5.41, 5.74) is 4.36. The van der Waals surface area contributed by atoms with E-state index in [1.807, 2.05) is 5.43 Å². The number of nitrogens with one attached hydrogen (secondary N) is 3. The third-order valence-electron chi connectivity index (χ3n) is 3.36. The maximum absolute atomic E-state index is 14.4. The molecule has 0 aliphatic heterocycles. The van der Waals surface area contributed by atoms with Crippen molar-refractivity contribution in [3.63, 3.8) is 0 Å². The lowest BCUT2D eigenvalue weighted by Gasteiger charge is -2.14. The van der Waals surface area contributed by atoms with Crippen LogP contribution in [0, 0.1) is 5.82 Å². The molecule has 0 fully saturated rings. The van der Waals surface area contributed by atoms with Crippen LogP contribution in [0.4, 0.5) is 18.0 Å². The molecule has 0 atom stereocenters. The van der Waals surface area contributed by atoms with Gasteiger partial charge in [-0.3, -0.25) is 15.2 Å². The van der Waals surface area contributed by atoms with Gasteiger partial charge in [-0.25, -0.2) is 23.4 Å². The average molecular weight is 451 g/mol. The summed E-state index contributed by atoms with van der Waals surface area (Å²) in [5.74, 6) is -1.35. The predicted octanol–water partition coefficient (Wildman–Crippen LogP) is 3.69. The van der Waals surface area contributed by atoms with Crippen LogP contribution in [0.25, 0.3) is 11.1 Å². The van der Waals surface area contributed by atoms with E-state index in [1.54, 1.807) is 0 Å². The summed E-state index contributed by atoms with van der Waals surface area (Å²) in [6, 6.07) is 2.99. The van der Waals surface area contributed by atoms with Crippen molar-refractivity contribution in [2.75, 3.05) is 6.61 Å². The number of amides is 3. The van der Waals surface area contributed by atoms with Crippen LogP contribution in [0.3, 0.4) is 0 Å². The zero-order valence-corrected chi connectivity index (χ0v) is 16.4. The van der Waals surface area contributed by atoms with Crippen molar-refractivity contribution < 1.29 is 27.5 Å². The molecule has 0 bridgehead atoms. The first-order chi connectivity index (χ1) is 13.7. The van der Waals surface area contributed by atoms with Gasteiger partial charge in [-0.2, -0.15) is 0 Å². The maximum Gasteiger partial charge on any atom is 0.333 e. The van der Waals surface area contributed by atoms with Gasteiger partial charge in [-0.15, -0.1) is 0 Å². The number of aromatic nitrogens is 1. The molecule has 156 valence electrons. The van der Waals surface area contributed by atoms with E-state index >= 15 is 0 Å². The van der Waals surface area contributed by atoms with Crippen LogP contribution in [-0.2, 0) is 11.3 Å². The topological polar surface area (TPSA) is 92.4 Å².